The highest BCUT2D eigenvalue weighted by Crippen LogP contribution is 2.19. The molecule has 1 saturated heterocycles. The first kappa shape index (κ1) is 18.1. The van der Waals surface area contributed by atoms with Gasteiger partial charge in [0.25, 0.3) is 0 Å². The molecular weight excluding hydrogens is 328 g/mol. The number of aliphatic hydroxyl groups is 1. The molecule has 3 rings (SSSR count). The van der Waals surface area contributed by atoms with Crippen LogP contribution in [0.1, 0.15) is 31.0 Å². The van der Waals surface area contributed by atoms with Crippen LogP contribution in [0, 0.1) is 11.3 Å². The van der Waals surface area contributed by atoms with Crippen LogP contribution in [-0.4, -0.2) is 52.5 Å². The Morgan fingerprint density at radius 3 is 2.31 bits per heavy atom. The Bertz CT molecular complexity index is 745. The number of aromatic nitrogens is 2. The van der Waals surface area contributed by atoms with Crippen LogP contribution in [0.15, 0.2) is 36.7 Å². The van der Waals surface area contributed by atoms with Gasteiger partial charge in [-0.1, -0.05) is 26.0 Å². The summed E-state index contributed by atoms with van der Waals surface area (Å²) in [7, 11) is 0. The molecule has 0 bridgehead atoms. The number of piperazine rings is 1. The fourth-order valence-electron chi connectivity index (χ4n) is 2.94. The maximum absolute atomic E-state index is 10.5. The lowest BCUT2D eigenvalue weighted by Gasteiger charge is -2.37. The summed E-state index contributed by atoms with van der Waals surface area (Å²) in [5, 5.41) is 22.4. The largest absolute Gasteiger partial charge is 0.361 e. The molecule has 1 fully saturated rings. The van der Waals surface area contributed by atoms with Crippen LogP contribution < -0.4 is 10.2 Å². The minimum atomic E-state index is -0.728. The number of rotatable bonds is 5. The number of anilines is 2. The number of aliphatic hydroxyl groups excluding tert-OH is 1. The average molecular weight is 352 g/mol. The third-order valence-electron chi connectivity index (χ3n) is 4.61. The van der Waals surface area contributed by atoms with E-state index in [4.69, 9.17) is 5.26 Å². The van der Waals surface area contributed by atoms with Crippen molar-refractivity contribution < 1.29 is 5.11 Å². The summed E-state index contributed by atoms with van der Waals surface area (Å²) in [5.74, 6) is 1.25. The summed E-state index contributed by atoms with van der Waals surface area (Å²) < 4.78 is 0. The summed E-state index contributed by atoms with van der Waals surface area (Å²) in [6, 6.07) is 10.1. The molecular formula is C19H24N6O. The Balaban J connectivity index is 1.52. The summed E-state index contributed by atoms with van der Waals surface area (Å²) in [4.78, 5) is 12.4. The number of nitrogens with zero attached hydrogens (tertiary/aromatic N) is 5. The Morgan fingerprint density at radius 2 is 1.77 bits per heavy atom. The summed E-state index contributed by atoms with van der Waals surface area (Å²) in [5.41, 5.74) is 2.50. The van der Waals surface area contributed by atoms with Gasteiger partial charge in [-0.15, -0.1) is 0 Å². The van der Waals surface area contributed by atoms with Crippen molar-refractivity contribution in [3.05, 3.63) is 47.9 Å². The minimum absolute atomic E-state index is 0.315. The molecule has 2 N–H and O–H groups in total. The van der Waals surface area contributed by atoms with E-state index in [0.717, 1.165) is 24.6 Å². The molecule has 136 valence electrons. The van der Waals surface area contributed by atoms with E-state index in [2.05, 4.69) is 46.2 Å². The highest BCUT2D eigenvalue weighted by Gasteiger charge is 2.23. The highest BCUT2D eigenvalue weighted by atomic mass is 16.3. The van der Waals surface area contributed by atoms with E-state index in [9.17, 15) is 5.11 Å². The van der Waals surface area contributed by atoms with E-state index in [0.29, 0.717) is 24.7 Å². The molecule has 1 aliphatic rings. The summed E-state index contributed by atoms with van der Waals surface area (Å²) in [6.45, 7) is 7.22. The van der Waals surface area contributed by atoms with Crippen LogP contribution >= 0.6 is 0 Å². The van der Waals surface area contributed by atoms with E-state index < -0.39 is 6.35 Å². The fourth-order valence-corrected chi connectivity index (χ4v) is 2.94. The molecule has 0 spiro atoms. The molecule has 26 heavy (non-hydrogen) atoms. The molecule has 1 aromatic heterocycles. The van der Waals surface area contributed by atoms with Gasteiger partial charge in [-0.2, -0.15) is 5.26 Å². The minimum Gasteiger partial charge on any atom is -0.361 e. The second kappa shape index (κ2) is 8.13. The topological polar surface area (TPSA) is 88.3 Å². The van der Waals surface area contributed by atoms with Gasteiger partial charge in [0.05, 0.1) is 12.4 Å². The van der Waals surface area contributed by atoms with Crippen molar-refractivity contribution in [1.29, 1.82) is 5.26 Å². The smallest absolute Gasteiger partial charge is 0.184 e. The van der Waals surface area contributed by atoms with Crippen LogP contribution in [0.4, 0.5) is 11.5 Å². The molecule has 0 aliphatic carbocycles. The lowest BCUT2D eigenvalue weighted by molar-refractivity contribution is 0.0224. The zero-order valence-electron chi connectivity index (χ0n) is 15.1. The van der Waals surface area contributed by atoms with Gasteiger partial charge in [0, 0.05) is 31.9 Å². The second-order valence-corrected chi connectivity index (χ2v) is 6.69. The van der Waals surface area contributed by atoms with Gasteiger partial charge in [-0.3, -0.25) is 4.90 Å². The van der Waals surface area contributed by atoms with Gasteiger partial charge in [0.1, 0.15) is 11.9 Å². The lowest BCUT2D eigenvalue weighted by atomic mass is 10.0. The fraction of sp³-hybridized carbons (Fsp3) is 0.421. The molecule has 0 saturated carbocycles. The molecule has 0 radical (unpaired) electrons. The van der Waals surface area contributed by atoms with Gasteiger partial charge >= 0.3 is 0 Å². The molecule has 7 heteroatoms. The van der Waals surface area contributed by atoms with Crippen molar-refractivity contribution in [2.24, 2.45) is 0 Å². The quantitative estimate of drug-likeness (QED) is 0.796. The maximum atomic E-state index is 10.5. The van der Waals surface area contributed by atoms with Crippen LogP contribution in [0.3, 0.4) is 0 Å². The van der Waals surface area contributed by atoms with Gasteiger partial charge in [0.2, 0.25) is 0 Å². The molecule has 2 heterocycles. The Labute approximate surface area is 153 Å². The lowest BCUT2D eigenvalue weighted by Crippen LogP contribution is -2.52. The predicted octanol–water partition coefficient (Wildman–Crippen LogP) is 1.98. The molecule has 1 aromatic carbocycles. The van der Waals surface area contributed by atoms with E-state index in [-0.39, 0.29) is 0 Å². The first-order chi connectivity index (χ1) is 12.6. The van der Waals surface area contributed by atoms with Gasteiger partial charge in [-0.05, 0) is 23.6 Å². The third kappa shape index (κ3) is 4.28. The van der Waals surface area contributed by atoms with E-state index in [1.165, 1.54) is 11.8 Å². The Hall–Kier alpha value is -2.69. The number of nitriles is 1. The van der Waals surface area contributed by atoms with Crippen molar-refractivity contribution in [3.63, 3.8) is 0 Å². The Morgan fingerprint density at radius 1 is 1.08 bits per heavy atom. The predicted molar refractivity (Wildman–Crippen MR) is 101 cm³/mol. The van der Waals surface area contributed by atoms with Crippen LogP contribution in [0.25, 0.3) is 0 Å². The van der Waals surface area contributed by atoms with Crippen molar-refractivity contribution in [1.82, 2.24) is 14.9 Å². The second-order valence-electron chi connectivity index (χ2n) is 6.69. The molecule has 1 atom stereocenters. The van der Waals surface area contributed by atoms with E-state index in [1.807, 2.05) is 23.1 Å². The van der Waals surface area contributed by atoms with E-state index in [1.54, 1.807) is 6.20 Å². The van der Waals surface area contributed by atoms with Gasteiger partial charge in [-0.25, -0.2) is 9.97 Å². The van der Waals surface area contributed by atoms with Crippen molar-refractivity contribution in [3.8, 4) is 6.07 Å². The molecule has 1 unspecified atom stereocenters. The zero-order chi connectivity index (χ0) is 18.5. The molecule has 0 amide bonds. The highest BCUT2D eigenvalue weighted by molar-refractivity contribution is 5.45. The first-order valence-corrected chi connectivity index (χ1v) is 8.82. The summed E-state index contributed by atoms with van der Waals surface area (Å²) in [6.07, 6.45) is 2.38. The first-order valence-electron chi connectivity index (χ1n) is 8.82. The van der Waals surface area contributed by atoms with Crippen LogP contribution in [-0.2, 0) is 0 Å². The number of benzene rings is 1. The third-order valence-corrected chi connectivity index (χ3v) is 4.61. The molecule has 2 aromatic rings. The van der Waals surface area contributed by atoms with Crippen molar-refractivity contribution >= 4 is 11.5 Å². The van der Waals surface area contributed by atoms with Crippen LogP contribution in [0.5, 0.6) is 0 Å². The van der Waals surface area contributed by atoms with Crippen molar-refractivity contribution in [2.75, 3.05) is 36.4 Å². The number of hydrogen-bond donors (Lipinski definition) is 2. The van der Waals surface area contributed by atoms with Gasteiger partial charge in [0.15, 0.2) is 12.0 Å². The number of hydrogen-bond acceptors (Lipinski definition) is 7. The average Bonchev–Trinajstić information content (AvgIpc) is 2.68. The Kier molecular flexibility index (Phi) is 5.66. The summed E-state index contributed by atoms with van der Waals surface area (Å²) >= 11 is 0. The normalized spacial score (nSPS) is 16.3. The van der Waals surface area contributed by atoms with Gasteiger partial charge < -0.3 is 15.3 Å². The monoisotopic (exact) mass is 352 g/mol. The SMILES string of the molecule is CC(C)c1ccc(NC(O)N2CCN(c3cnc(C#N)cn3)CC2)cc1. The maximum Gasteiger partial charge on any atom is 0.184 e. The van der Waals surface area contributed by atoms with Crippen LogP contribution in [0.2, 0.25) is 0 Å². The molecule has 7 nitrogen and oxygen atoms in total. The molecule has 1 aliphatic heterocycles. The zero-order valence-corrected chi connectivity index (χ0v) is 15.1. The van der Waals surface area contributed by atoms with Crippen molar-refractivity contribution in [2.45, 2.75) is 26.1 Å². The van der Waals surface area contributed by atoms with E-state index >= 15 is 0 Å². The standard InChI is InChI=1S/C19H24N6O/c1-14(2)15-3-5-16(6-4-15)23-19(26)25-9-7-24(8-10-25)18-13-21-17(11-20)12-22-18/h3-6,12-14,19,23,26H,7-10H2,1-2H3. The number of nitrogens with one attached hydrogen (secondary N) is 1.